The lowest BCUT2D eigenvalue weighted by molar-refractivity contribution is -0.161. The van der Waals surface area contributed by atoms with Crippen LogP contribution in [0.3, 0.4) is 0 Å². The SMILES string of the molecule is CCCC[C@@H](O)/C=C\C/C=C\C/C=C\C/C=C\CCCC(=O)O[C@H](COC(=O)CCCCCCCCCCCCC(C)CC)COP(=O)(O)O. The largest absolute Gasteiger partial charge is 0.469 e. The molecule has 0 amide bonds. The molecule has 1 unspecified atom stereocenters. The summed E-state index contributed by atoms with van der Waals surface area (Å²) in [4.78, 5) is 42.7. The summed E-state index contributed by atoms with van der Waals surface area (Å²) in [5.74, 6) is -0.130. The average molecular weight is 727 g/mol. The molecule has 0 aromatic rings. The van der Waals surface area contributed by atoms with Crippen molar-refractivity contribution in [1.82, 2.24) is 0 Å². The molecule has 0 radical (unpaired) electrons. The Balaban J connectivity index is 4.11. The van der Waals surface area contributed by atoms with Gasteiger partial charge in [0, 0.05) is 12.8 Å². The molecule has 0 aromatic heterocycles. The molecule has 0 spiro atoms. The van der Waals surface area contributed by atoms with Crippen molar-refractivity contribution in [3.05, 3.63) is 48.6 Å². The molecule has 10 heteroatoms. The summed E-state index contributed by atoms with van der Waals surface area (Å²) in [6.45, 7) is 5.81. The van der Waals surface area contributed by atoms with Crippen LogP contribution in [0, 0.1) is 5.92 Å². The van der Waals surface area contributed by atoms with Gasteiger partial charge in [-0.2, -0.15) is 0 Å². The summed E-state index contributed by atoms with van der Waals surface area (Å²) in [6, 6.07) is 0. The van der Waals surface area contributed by atoms with Crippen LogP contribution in [0.5, 0.6) is 0 Å². The normalized spacial score (nSPS) is 14.3. The molecule has 0 aliphatic heterocycles. The van der Waals surface area contributed by atoms with Crippen molar-refractivity contribution in [2.75, 3.05) is 13.2 Å². The van der Waals surface area contributed by atoms with Crippen molar-refractivity contribution in [1.29, 1.82) is 0 Å². The number of unbranched alkanes of at least 4 members (excludes halogenated alkanes) is 11. The molecule has 0 aliphatic carbocycles. The fourth-order valence-electron chi connectivity index (χ4n) is 5.12. The van der Waals surface area contributed by atoms with Crippen molar-refractivity contribution in [3.63, 3.8) is 0 Å². The van der Waals surface area contributed by atoms with Crippen LogP contribution in [0.2, 0.25) is 0 Å². The Morgan fingerprint density at radius 1 is 0.660 bits per heavy atom. The number of allylic oxidation sites excluding steroid dienone is 7. The number of carbonyl (C=O) groups is 2. The Kier molecular flexibility index (Phi) is 32.7. The second kappa shape index (κ2) is 34.1. The zero-order chi connectivity index (χ0) is 37.1. The molecule has 9 nitrogen and oxygen atoms in total. The van der Waals surface area contributed by atoms with Gasteiger partial charge in [0.2, 0.25) is 0 Å². The molecule has 0 heterocycles. The summed E-state index contributed by atoms with van der Waals surface area (Å²) in [6.07, 6.45) is 36.0. The first-order chi connectivity index (χ1) is 24.1. The number of phosphoric acid groups is 1. The van der Waals surface area contributed by atoms with E-state index >= 15 is 0 Å². The van der Waals surface area contributed by atoms with Gasteiger partial charge in [0.25, 0.3) is 0 Å². The van der Waals surface area contributed by atoms with E-state index < -0.39 is 32.5 Å². The third kappa shape index (κ3) is 35.8. The maximum atomic E-state index is 12.3. The highest BCUT2D eigenvalue weighted by Crippen LogP contribution is 2.36. The second-order valence-electron chi connectivity index (χ2n) is 13.3. The van der Waals surface area contributed by atoms with Gasteiger partial charge in [-0.1, -0.05) is 153 Å². The minimum Gasteiger partial charge on any atom is -0.462 e. The van der Waals surface area contributed by atoms with Gasteiger partial charge >= 0.3 is 19.8 Å². The molecule has 290 valence electrons. The van der Waals surface area contributed by atoms with E-state index in [0.29, 0.717) is 19.3 Å². The van der Waals surface area contributed by atoms with Crippen molar-refractivity contribution in [3.8, 4) is 0 Å². The van der Waals surface area contributed by atoms with E-state index in [0.717, 1.165) is 63.7 Å². The summed E-state index contributed by atoms with van der Waals surface area (Å²) in [5.41, 5.74) is 0. The Morgan fingerprint density at radius 2 is 1.20 bits per heavy atom. The lowest BCUT2D eigenvalue weighted by Crippen LogP contribution is -2.29. The summed E-state index contributed by atoms with van der Waals surface area (Å²) in [5, 5.41) is 9.78. The number of carbonyl (C=O) groups excluding carboxylic acids is 2. The minimum absolute atomic E-state index is 0.119. The van der Waals surface area contributed by atoms with Crippen molar-refractivity contribution in [2.24, 2.45) is 5.92 Å². The lowest BCUT2D eigenvalue weighted by atomic mass is 9.99. The highest BCUT2D eigenvalue weighted by atomic mass is 31.2. The Hall–Kier alpha value is -2.03. The first-order valence-electron chi connectivity index (χ1n) is 19.4. The van der Waals surface area contributed by atoms with Crippen LogP contribution in [0.4, 0.5) is 0 Å². The summed E-state index contributed by atoms with van der Waals surface area (Å²) in [7, 11) is -4.78. The van der Waals surface area contributed by atoms with Crippen LogP contribution in [0.1, 0.15) is 162 Å². The molecule has 0 bridgehead atoms. The monoisotopic (exact) mass is 726 g/mol. The van der Waals surface area contributed by atoms with Crippen molar-refractivity contribution in [2.45, 2.75) is 174 Å². The highest BCUT2D eigenvalue weighted by Gasteiger charge is 2.22. The molecule has 50 heavy (non-hydrogen) atoms. The Bertz CT molecular complexity index is 985. The maximum absolute atomic E-state index is 12.3. The quantitative estimate of drug-likeness (QED) is 0.0256. The summed E-state index contributed by atoms with van der Waals surface area (Å²) < 4.78 is 26.2. The third-order valence-electron chi connectivity index (χ3n) is 8.46. The lowest BCUT2D eigenvalue weighted by Gasteiger charge is -2.18. The van der Waals surface area contributed by atoms with E-state index in [1.807, 2.05) is 24.3 Å². The number of ether oxygens (including phenoxy) is 2. The molecule has 0 rings (SSSR count). The number of aliphatic hydroxyl groups is 1. The van der Waals surface area contributed by atoms with Gasteiger partial charge in [-0.3, -0.25) is 14.1 Å². The van der Waals surface area contributed by atoms with Gasteiger partial charge in [-0.25, -0.2) is 4.57 Å². The van der Waals surface area contributed by atoms with Crippen LogP contribution in [0.25, 0.3) is 0 Å². The predicted molar refractivity (Wildman–Crippen MR) is 203 cm³/mol. The molecule has 3 N–H and O–H groups in total. The molecular weight excluding hydrogens is 655 g/mol. The number of aliphatic hydroxyl groups excluding tert-OH is 1. The third-order valence-corrected chi connectivity index (χ3v) is 8.95. The molecule has 0 saturated heterocycles. The maximum Gasteiger partial charge on any atom is 0.469 e. The first kappa shape index (κ1) is 48.0. The van der Waals surface area contributed by atoms with E-state index in [1.54, 1.807) is 0 Å². The molecule has 0 aromatic carbocycles. The Morgan fingerprint density at radius 3 is 1.78 bits per heavy atom. The predicted octanol–water partition coefficient (Wildman–Crippen LogP) is 10.4. The van der Waals surface area contributed by atoms with Gasteiger partial charge in [0.15, 0.2) is 6.10 Å². The van der Waals surface area contributed by atoms with Crippen LogP contribution in [0.15, 0.2) is 48.6 Å². The number of rotatable bonds is 34. The Labute approximate surface area is 304 Å². The topological polar surface area (TPSA) is 140 Å². The molecule has 3 atom stereocenters. The van der Waals surface area contributed by atoms with Crippen LogP contribution in [-0.4, -0.2) is 52.3 Å². The molecule has 0 fully saturated rings. The smallest absolute Gasteiger partial charge is 0.462 e. The van der Waals surface area contributed by atoms with Gasteiger partial charge < -0.3 is 24.4 Å². The fraction of sp³-hybridized carbons (Fsp3) is 0.750. The van der Waals surface area contributed by atoms with Crippen LogP contribution < -0.4 is 0 Å². The number of phosphoric ester groups is 1. The molecular formula is C40H71O9P. The van der Waals surface area contributed by atoms with Gasteiger partial charge in [0.05, 0.1) is 12.7 Å². The zero-order valence-electron chi connectivity index (χ0n) is 31.6. The van der Waals surface area contributed by atoms with Crippen molar-refractivity contribution >= 4 is 19.8 Å². The zero-order valence-corrected chi connectivity index (χ0v) is 32.5. The number of hydrogen-bond acceptors (Lipinski definition) is 7. The van der Waals surface area contributed by atoms with Gasteiger partial charge in [-0.15, -0.1) is 0 Å². The molecule has 0 aliphatic rings. The van der Waals surface area contributed by atoms with Gasteiger partial charge in [-0.05, 0) is 50.9 Å². The van der Waals surface area contributed by atoms with Crippen LogP contribution >= 0.6 is 7.82 Å². The van der Waals surface area contributed by atoms with E-state index in [-0.39, 0.29) is 25.6 Å². The fourth-order valence-corrected chi connectivity index (χ4v) is 5.48. The van der Waals surface area contributed by atoms with Gasteiger partial charge in [0.1, 0.15) is 6.61 Å². The van der Waals surface area contributed by atoms with Crippen LogP contribution in [-0.2, 0) is 28.2 Å². The number of hydrogen-bond donors (Lipinski definition) is 3. The van der Waals surface area contributed by atoms with Crippen molar-refractivity contribution < 1.29 is 43.0 Å². The number of esters is 2. The molecule has 0 saturated carbocycles. The highest BCUT2D eigenvalue weighted by molar-refractivity contribution is 7.46. The standard InChI is InChI=1S/C40H71O9P/c1-4-6-30-37(41)31-26-22-18-14-9-7-8-10-16-20-24-28-33-40(43)49-38(35-48-50(44,45)46)34-47-39(42)32-27-23-19-15-12-11-13-17-21-25-29-36(3)5-2/h7-8,14,16,18,20,26,31,36-38,41H,4-6,9-13,15,17,19,21-25,27-30,32-35H2,1-3H3,(H2,44,45,46)/b8-7-,18-14-,20-16-,31-26-/t36?,37-,38-/m1/s1. The first-order valence-corrected chi connectivity index (χ1v) is 20.9. The van der Waals surface area contributed by atoms with E-state index in [9.17, 15) is 19.3 Å². The summed E-state index contributed by atoms with van der Waals surface area (Å²) >= 11 is 0. The second-order valence-corrected chi connectivity index (χ2v) is 14.6. The van der Waals surface area contributed by atoms with E-state index in [2.05, 4.69) is 49.6 Å². The average Bonchev–Trinajstić information content (AvgIpc) is 3.08. The minimum atomic E-state index is -4.78. The van der Waals surface area contributed by atoms with E-state index in [1.165, 1.54) is 51.4 Å². The van der Waals surface area contributed by atoms with E-state index in [4.69, 9.17) is 19.3 Å².